The molecular weight excluding hydrogens is 448 g/mol. The molecule has 2 atom stereocenters. The van der Waals surface area contributed by atoms with Gasteiger partial charge in [-0.1, -0.05) is 94.4 Å². The zero-order valence-corrected chi connectivity index (χ0v) is 22.5. The maximum absolute atomic E-state index is 12.1. The SMILES string of the molecule is C=C(Cc1ccccc1)N=C(OC)C(CC)CC.CCCC(NC(=O)C1CCOC1)c1ccccc1. The molecule has 2 aromatic carbocycles. The van der Waals surface area contributed by atoms with Crippen LogP contribution in [0.15, 0.2) is 77.9 Å². The summed E-state index contributed by atoms with van der Waals surface area (Å²) < 4.78 is 10.7. The Bertz CT molecular complexity index is 917. The van der Waals surface area contributed by atoms with Crippen molar-refractivity contribution >= 4 is 11.8 Å². The Morgan fingerprint density at radius 2 is 1.72 bits per heavy atom. The molecule has 0 aliphatic carbocycles. The van der Waals surface area contributed by atoms with Crippen molar-refractivity contribution in [2.75, 3.05) is 20.3 Å². The summed E-state index contributed by atoms with van der Waals surface area (Å²) in [5.74, 6) is 1.37. The first-order chi connectivity index (χ1) is 17.5. The van der Waals surface area contributed by atoms with Gasteiger partial charge in [0.2, 0.25) is 5.91 Å². The van der Waals surface area contributed by atoms with Gasteiger partial charge in [-0.25, -0.2) is 4.99 Å². The largest absolute Gasteiger partial charge is 0.484 e. The Hall–Kier alpha value is -2.92. The summed E-state index contributed by atoms with van der Waals surface area (Å²) in [5.41, 5.74) is 3.27. The highest BCUT2D eigenvalue weighted by Crippen LogP contribution is 2.21. The molecule has 1 aliphatic rings. The second-order valence-corrected chi connectivity index (χ2v) is 9.22. The van der Waals surface area contributed by atoms with E-state index in [1.54, 1.807) is 7.11 Å². The van der Waals surface area contributed by atoms with Gasteiger partial charge in [-0.3, -0.25) is 4.79 Å². The fraction of sp³-hybridized carbons (Fsp3) is 0.484. The first-order valence-corrected chi connectivity index (χ1v) is 13.3. The number of hydrogen-bond donors (Lipinski definition) is 1. The number of aliphatic imine (C=N–C) groups is 1. The minimum Gasteiger partial charge on any atom is -0.484 e. The summed E-state index contributed by atoms with van der Waals surface area (Å²) in [6.45, 7) is 11.8. The third-order valence-electron chi connectivity index (χ3n) is 6.46. The van der Waals surface area contributed by atoms with Gasteiger partial charge in [0.25, 0.3) is 0 Å². The number of allylic oxidation sites excluding steroid dienone is 1. The standard InChI is InChI=1S/C16H23NO.C15H21NO2/c1-5-15(6-2)16(18-4)17-13(3)12-14-10-8-7-9-11-14;1-2-6-14(12-7-4-3-5-8-12)16-15(17)13-9-10-18-11-13/h7-11,15H,3,5-6,12H2,1-2,4H3;3-5,7-8,13-14H,2,6,9-11H2,1H3,(H,16,17). The highest BCUT2D eigenvalue weighted by atomic mass is 16.5. The van der Waals surface area contributed by atoms with E-state index in [9.17, 15) is 4.79 Å². The molecule has 2 unspecified atom stereocenters. The van der Waals surface area contributed by atoms with Crippen LogP contribution in [0.2, 0.25) is 0 Å². The maximum Gasteiger partial charge on any atom is 0.226 e. The Labute approximate surface area is 218 Å². The zero-order valence-electron chi connectivity index (χ0n) is 22.5. The van der Waals surface area contributed by atoms with Crippen molar-refractivity contribution in [1.82, 2.24) is 5.32 Å². The van der Waals surface area contributed by atoms with Gasteiger partial charge >= 0.3 is 0 Å². The number of ether oxygens (including phenoxy) is 2. The van der Waals surface area contributed by atoms with Crippen LogP contribution in [0.5, 0.6) is 0 Å². The minimum atomic E-state index is 0.0352. The van der Waals surface area contributed by atoms with Crippen LogP contribution in [-0.4, -0.2) is 32.1 Å². The second-order valence-electron chi connectivity index (χ2n) is 9.22. The van der Waals surface area contributed by atoms with E-state index in [1.165, 1.54) is 11.1 Å². The molecule has 1 amide bonds. The van der Waals surface area contributed by atoms with E-state index < -0.39 is 0 Å². The van der Waals surface area contributed by atoms with Crippen LogP contribution in [0.1, 0.15) is 70.0 Å². The van der Waals surface area contributed by atoms with Gasteiger partial charge < -0.3 is 14.8 Å². The van der Waals surface area contributed by atoms with Gasteiger partial charge in [-0.15, -0.1) is 0 Å². The van der Waals surface area contributed by atoms with Gasteiger partial charge in [0, 0.05) is 24.6 Å². The van der Waals surface area contributed by atoms with Crippen LogP contribution in [0.25, 0.3) is 0 Å². The summed E-state index contributed by atoms with van der Waals surface area (Å²) >= 11 is 0. The van der Waals surface area contributed by atoms with Crippen LogP contribution in [0.4, 0.5) is 0 Å². The number of benzene rings is 2. The molecule has 0 aromatic heterocycles. The molecule has 1 saturated heterocycles. The van der Waals surface area contributed by atoms with E-state index in [-0.39, 0.29) is 17.9 Å². The number of nitrogens with one attached hydrogen (secondary N) is 1. The highest BCUT2D eigenvalue weighted by Gasteiger charge is 2.25. The Kier molecular flexibility index (Phi) is 13.6. The molecule has 1 heterocycles. The Morgan fingerprint density at radius 1 is 1.08 bits per heavy atom. The third-order valence-corrected chi connectivity index (χ3v) is 6.46. The van der Waals surface area contributed by atoms with E-state index in [0.717, 1.165) is 50.1 Å². The predicted octanol–water partition coefficient (Wildman–Crippen LogP) is 6.90. The van der Waals surface area contributed by atoms with Crippen molar-refractivity contribution < 1.29 is 14.3 Å². The summed E-state index contributed by atoms with van der Waals surface area (Å²) in [7, 11) is 1.69. The Morgan fingerprint density at radius 3 is 2.25 bits per heavy atom. The van der Waals surface area contributed by atoms with Crippen molar-refractivity contribution in [3.05, 3.63) is 84.1 Å². The Balaban J connectivity index is 0.000000254. The maximum atomic E-state index is 12.1. The van der Waals surface area contributed by atoms with Crippen molar-refractivity contribution in [2.45, 2.75) is 65.3 Å². The van der Waals surface area contributed by atoms with Crippen molar-refractivity contribution in [3.63, 3.8) is 0 Å². The molecule has 5 nitrogen and oxygen atoms in total. The summed E-state index contributed by atoms with van der Waals surface area (Å²) in [5, 5.41) is 3.16. The molecule has 2 aromatic rings. The second kappa shape index (κ2) is 16.7. The number of nitrogens with zero attached hydrogens (tertiary/aromatic N) is 1. The molecule has 0 radical (unpaired) electrons. The van der Waals surface area contributed by atoms with Crippen LogP contribution in [0.3, 0.4) is 0 Å². The smallest absolute Gasteiger partial charge is 0.226 e. The minimum absolute atomic E-state index is 0.0352. The predicted molar refractivity (Wildman–Crippen MR) is 149 cm³/mol. The number of hydrogen-bond acceptors (Lipinski definition) is 4. The lowest BCUT2D eigenvalue weighted by Gasteiger charge is -2.20. The molecule has 0 spiro atoms. The molecule has 1 aliphatic heterocycles. The lowest BCUT2D eigenvalue weighted by molar-refractivity contribution is -0.125. The molecule has 1 fully saturated rings. The summed E-state index contributed by atoms with van der Waals surface area (Å²) in [6, 6.07) is 20.6. The number of methoxy groups -OCH3 is 1. The zero-order chi connectivity index (χ0) is 26.2. The van der Waals surface area contributed by atoms with Gasteiger partial charge in [0.05, 0.1) is 25.7 Å². The van der Waals surface area contributed by atoms with Crippen LogP contribution < -0.4 is 5.32 Å². The van der Waals surface area contributed by atoms with Gasteiger partial charge in [0.15, 0.2) is 5.90 Å². The molecule has 3 rings (SSSR count). The van der Waals surface area contributed by atoms with Crippen LogP contribution >= 0.6 is 0 Å². The van der Waals surface area contributed by atoms with E-state index in [2.05, 4.69) is 61.9 Å². The topological polar surface area (TPSA) is 59.9 Å². The summed E-state index contributed by atoms with van der Waals surface area (Å²) in [6.07, 6.45) is 5.74. The molecular formula is C31H44N2O3. The fourth-order valence-corrected chi connectivity index (χ4v) is 4.30. The number of carbonyl (C=O) groups is 1. The van der Waals surface area contributed by atoms with Gasteiger partial charge in [-0.05, 0) is 36.8 Å². The number of carbonyl (C=O) groups excluding carboxylic acids is 1. The molecule has 196 valence electrons. The normalized spacial score (nSPS) is 16.1. The van der Waals surface area contributed by atoms with Crippen molar-refractivity contribution in [1.29, 1.82) is 0 Å². The number of amides is 1. The average molecular weight is 493 g/mol. The highest BCUT2D eigenvalue weighted by molar-refractivity contribution is 5.80. The van der Waals surface area contributed by atoms with E-state index in [1.807, 2.05) is 36.4 Å². The first-order valence-electron chi connectivity index (χ1n) is 13.3. The van der Waals surface area contributed by atoms with Crippen molar-refractivity contribution in [2.24, 2.45) is 16.8 Å². The first kappa shape index (κ1) is 29.3. The van der Waals surface area contributed by atoms with Gasteiger partial charge in [0.1, 0.15) is 0 Å². The molecule has 0 saturated carbocycles. The molecule has 36 heavy (non-hydrogen) atoms. The fourth-order valence-electron chi connectivity index (χ4n) is 4.30. The van der Waals surface area contributed by atoms with Crippen LogP contribution in [0, 0.1) is 11.8 Å². The monoisotopic (exact) mass is 492 g/mol. The van der Waals surface area contributed by atoms with Gasteiger partial charge in [-0.2, -0.15) is 0 Å². The summed E-state index contributed by atoms with van der Waals surface area (Å²) in [4.78, 5) is 16.6. The third kappa shape index (κ3) is 9.98. The van der Waals surface area contributed by atoms with E-state index in [4.69, 9.17) is 9.47 Å². The van der Waals surface area contributed by atoms with E-state index in [0.29, 0.717) is 19.1 Å². The molecule has 5 heteroatoms. The molecule has 0 bridgehead atoms. The lowest BCUT2D eigenvalue weighted by Crippen LogP contribution is -2.34. The molecule has 1 N–H and O–H groups in total. The number of rotatable bonds is 11. The lowest BCUT2D eigenvalue weighted by atomic mass is 10.0. The average Bonchev–Trinajstić information content (AvgIpc) is 3.45. The van der Waals surface area contributed by atoms with Crippen molar-refractivity contribution in [3.8, 4) is 0 Å². The van der Waals surface area contributed by atoms with E-state index >= 15 is 0 Å². The van der Waals surface area contributed by atoms with Crippen LogP contribution in [-0.2, 0) is 20.7 Å². The quantitative estimate of drug-likeness (QED) is 0.274.